The highest BCUT2D eigenvalue weighted by Gasteiger charge is 2.27. The fourth-order valence-corrected chi connectivity index (χ4v) is 3.21. The number of piperazine rings is 1. The second-order valence-corrected chi connectivity index (χ2v) is 6.18. The van der Waals surface area contributed by atoms with Crippen molar-refractivity contribution in [3.8, 4) is 0 Å². The number of ether oxygens (including phenoxy) is 1. The Morgan fingerprint density at radius 1 is 1.24 bits per heavy atom. The van der Waals surface area contributed by atoms with Crippen LogP contribution in [0, 0.1) is 6.92 Å². The van der Waals surface area contributed by atoms with Crippen LogP contribution in [0.2, 0.25) is 0 Å². The molecule has 0 radical (unpaired) electrons. The summed E-state index contributed by atoms with van der Waals surface area (Å²) in [7, 11) is 0. The maximum atomic E-state index is 5.84. The van der Waals surface area contributed by atoms with Crippen molar-refractivity contribution in [2.24, 2.45) is 0 Å². The smallest absolute Gasteiger partial charge is 0.243 e. The second-order valence-electron chi connectivity index (χ2n) is 6.18. The van der Waals surface area contributed by atoms with E-state index in [1.165, 1.54) is 19.3 Å². The van der Waals surface area contributed by atoms with Gasteiger partial charge in [0.05, 0.1) is 12.1 Å². The van der Waals surface area contributed by atoms with Crippen LogP contribution in [-0.2, 0) is 4.74 Å². The van der Waals surface area contributed by atoms with Gasteiger partial charge in [-0.1, -0.05) is 5.16 Å². The number of nitrogens with zero attached hydrogens (tertiary/aromatic N) is 4. The molecule has 0 aliphatic carbocycles. The molecule has 2 fully saturated rings. The van der Waals surface area contributed by atoms with Crippen LogP contribution in [0.5, 0.6) is 0 Å². The van der Waals surface area contributed by atoms with Gasteiger partial charge in [-0.2, -0.15) is 4.98 Å². The molecule has 1 aromatic heterocycles. The van der Waals surface area contributed by atoms with E-state index in [4.69, 9.17) is 9.26 Å². The highest BCUT2D eigenvalue weighted by Crippen LogP contribution is 2.21. The standard InChI is InChI=1S/C15H26N4O2/c1-12(15-16-13(2)17-21-15)19-8-6-18(7-9-19)11-14-5-3-4-10-20-14/h12,14H,3-11H2,1-2H3/t12-,14+/m1/s1. The van der Waals surface area contributed by atoms with E-state index in [1.54, 1.807) is 0 Å². The highest BCUT2D eigenvalue weighted by atomic mass is 16.5. The highest BCUT2D eigenvalue weighted by molar-refractivity contribution is 4.92. The van der Waals surface area contributed by atoms with Crippen molar-refractivity contribution >= 4 is 0 Å². The average Bonchev–Trinajstić information content (AvgIpc) is 2.95. The molecule has 2 aliphatic rings. The predicted octanol–water partition coefficient (Wildman–Crippen LogP) is 1.63. The van der Waals surface area contributed by atoms with Gasteiger partial charge < -0.3 is 9.26 Å². The van der Waals surface area contributed by atoms with E-state index in [-0.39, 0.29) is 6.04 Å². The summed E-state index contributed by atoms with van der Waals surface area (Å²) in [6.45, 7) is 10.3. The molecule has 6 nitrogen and oxygen atoms in total. The molecule has 0 saturated carbocycles. The molecule has 3 rings (SSSR count). The Hall–Kier alpha value is -0.980. The molecule has 21 heavy (non-hydrogen) atoms. The third kappa shape index (κ3) is 3.81. The molecule has 0 amide bonds. The fraction of sp³-hybridized carbons (Fsp3) is 0.867. The van der Waals surface area contributed by atoms with Crippen LogP contribution in [0.1, 0.15) is 43.9 Å². The quantitative estimate of drug-likeness (QED) is 0.841. The summed E-state index contributed by atoms with van der Waals surface area (Å²) in [4.78, 5) is 9.29. The third-order valence-corrected chi connectivity index (χ3v) is 4.59. The minimum Gasteiger partial charge on any atom is -0.377 e. The zero-order valence-corrected chi connectivity index (χ0v) is 13.1. The van der Waals surface area contributed by atoms with E-state index in [0.29, 0.717) is 11.9 Å². The van der Waals surface area contributed by atoms with Gasteiger partial charge >= 0.3 is 0 Å². The number of aromatic nitrogens is 2. The summed E-state index contributed by atoms with van der Waals surface area (Å²) in [6, 6.07) is 0.208. The predicted molar refractivity (Wildman–Crippen MR) is 79.1 cm³/mol. The van der Waals surface area contributed by atoms with Crippen LogP contribution in [0.3, 0.4) is 0 Å². The van der Waals surface area contributed by atoms with E-state index >= 15 is 0 Å². The van der Waals surface area contributed by atoms with Crippen molar-refractivity contribution in [1.82, 2.24) is 19.9 Å². The van der Waals surface area contributed by atoms with E-state index in [9.17, 15) is 0 Å². The van der Waals surface area contributed by atoms with Gasteiger partial charge in [-0.25, -0.2) is 0 Å². The summed E-state index contributed by atoms with van der Waals surface area (Å²) in [5.41, 5.74) is 0. The summed E-state index contributed by atoms with van der Waals surface area (Å²) in [6.07, 6.45) is 4.21. The number of hydrogen-bond donors (Lipinski definition) is 0. The Morgan fingerprint density at radius 2 is 2.05 bits per heavy atom. The molecular weight excluding hydrogens is 268 g/mol. The summed E-state index contributed by atoms with van der Waals surface area (Å²) >= 11 is 0. The van der Waals surface area contributed by atoms with Crippen LogP contribution in [0.25, 0.3) is 0 Å². The van der Waals surface area contributed by atoms with Crippen LogP contribution in [0.4, 0.5) is 0 Å². The van der Waals surface area contributed by atoms with Gasteiger partial charge in [0.25, 0.3) is 0 Å². The Labute approximate surface area is 126 Å². The molecule has 1 aromatic rings. The summed E-state index contributed by atoms with van der Waals surface area (Å²) < 4.78 is 11.1. The van der Waals surface area contributed by atoms with Gasteiger partial charge in [-0.05, 0) is 33.1 Å². The lowest BCUT2D eigenvalue weighted by Crippen LogP contribution is -2.49. The topological polar surface area (TPSA) is 54.6 Å². The minimum absolute atomic E-state index is 0.208. The van der Waals surface area contributed by atoms with Gasteiger partial charge in [-0.3, -0.25) is 9.80 Å². The first-order chi connectivity index (χ1) is 10.2. The first-order valence-electron chi connectivity index (χ1n) is 8.10. The second kappa shape index (κ2) is 6.85. The minimum atomic E-state index is 0.208. The summed E-state index contributed by atoms with van der Waals surface area (Å²) in [5.74, 6) is 1.45. The van der Waals surface area contributed by atoms with Gasteiger partial charge in [0.15, 0.2) is 5.82 Å². The zero-order chi connectivity index (χ0) is 14.7. The molecular formula is C15H26N4O2. The monoisotopic (exact) mass is 294 g/mol. The molecule has 2 saturated heterocycles. The van der Waals surface area contributed by atoms with Crippen molar-refractivity contribution < 1.29 is 9.26 Å². The third-order valence-electron chi connectivity index (χ3n) is 4.59. The van der Waals surface area contributed by atoms with Gasteiger partial charge in [0.2, 0.25) is 5.89 Å². The van der Waals surface area contributed by atoms with Gasteiger partial charge in [0.1, 0.15) is 0 Å². The van der Waals surface area contributed by atoms with Gasteiger partial charge in [-0.15, -0.1) is 0 Å². The lowest BCUT2D eigenvalue weighted by molar-refractivity contribution is -0.0175. The Kier molecular flexibility index (Phi) is 4.87. The Morgan fingerprint density at radius 3 is 2.67 bits per heavy atom. The molecule has 2 aliphatic heterocycles. The van der Waals surface area contributed by atoms with Crippen molar-refractivity contribution in [3.63, 3.8) is 0 Å². The molecule has 6 heteroatoms. The fourth-order valence-electron chi connectivity index (χ4n) is 3.21. The van der Waals surface area contributed by atoms with Crippen molar-refractivity contribution in [2.45, 2.75) is 45.3 Å². The number of rotatable bonds is 4. The molecule has 0 N–H and O–H groups in total. The molecule has 0 spiro atoms. The first-order valence-corrected chi connectivity index (χ1v) is 8.10. The largest absolute Gasteiger partial charge is 0.377 e. The lowest BCUT2D eigenvalue weighted by Gasteiger charge is -2.38. The molecule has 2 atom stereocenters. The Balaban J connectivity index is 1.46. The van der Waals surface area contributed by atoms with E-state index in [2.05, 4.69) is 26.9 Å². The van der Waals surface area contributed by atoms with Crippen molar-refractivity contribution in [1.29, 1.82) is 0 Å². The average molecular weight is 294 g/mol. The summed E-state index contributed by atoms with van der Waals surface area (Å²) in [5, 5.41) is 3.89. The SMILES string of the molecule is Cc1noc([C@@H](C)N2CCN(C[C@@H]3CCCCO3)CC2)n1. The normalized spacial score (nSPS) is 26.9. The van der Waals surface area contributed by atoms with Crippen LogP contribution < -0.4 is 0 Å². The lowest BCUT2D eigenvalue weighted by atomic mass is 10.1. The maximum absolute atomic E-state index is 5.84. The van der Waals surface area contributed by atoms with E-state index < -0.39 is 0 Å². The zero-order valence-electron chi connectivity index (χ0n) is 13.1. The Bertz CT molecular complexity index is 437. The maximum Gasteiger partial charge on any atom is 0.243 e. The number of aryl methyl sites for hydroxylation is 1. The van der Waals surface area contributed by atoms with E-state index in [1.807, 2.05) is 6.92 Å². The molecule has 0 bridgehead atoms. The van der Waals surface area contributed by atoms with E-state index in [0.717, 1.165) is 45.2 Å². The van der Waals surface area contributed by atoms with Crippen molar-refractivity contribution in [2.75, 3.05) is 39.3 Å². The first kappa shape index (κ1) is 14.9. The molecule has 0 unspecified atom stereocenters. The molecule has 3 heterocycles. The van der Waals surface area contributed by atoms with Crippen molar-refractivity contribution in [3.05, 3.63) is 11.7 Å². The molecule has 0 aromatic carbocycles. The molecule has 118 valence electrons. The van der Waals surface area contributed by atoms with Crippen LogP contribution in [0.15, 0.2) is 4.52 Å². The number of hydrogen-bond acceptors (Lipinski definition) is 6. The van der Waals surface area contributed by atoms with Crippen LogP contribution in [-0.4, -0.2) is 65.4 Å². The van der Waals surface area contributed by atoms with Gasteiger partial charge in [0, 0.05) is 39.3 Å². The van der Waals surface area contributed by atoms with Crippen LogP contribution >= 0.6 is 0 Å².